The summed E-state index contributed by atoms with van der Waals surface area (Å²) in [5, 5.41) is 6.34. The van der Waals surface area contributed by atoms with Crippen LogP contribution in [0.25, 0.3) is 0 Å². The Morgan fingerprint density at radius 3 is 2.82 bits per heavy atom. The molecule has 2 rings (SSSR count). The molecule has 0 aromatic heterocycles. The second-order valence-corrected chi connectivity index (χ2v) is 6.06. The Bertz CT molecular complexity index is 479. The molecule has 22 heavy (non-hydrogen) atoms. The molecule has 0 unspecified atom stereocenters. The van der Waals surface area contributed by atoms with Gasteiger partial charge in [-0.3, -0.25) is 4.79 Å². The predicted octanol–water partition coefficient (Wildman–Crippen LogP) is 1.51. The molecule has 1 heterocycles. The molecule has 0 aliphatic carbocycles. The number of amides is 1. The summed E-state index contributed by atoms with van der Waals surface area (Å²) < 4.78 is 10.9. The highest BCUT2D eigenvalue weighted by atomic mass is 16.5. The summed E-state index contributed by atoms with van der Waals surface area (Å²) in [5.41, 5.74) is 1.16. The molecule has 1 aromatic carbocycles. The molecule has 1 aromatic rings. The van der Waals surface area contributed by atoms with Crippen molar-refractivity contribution < 1.29 is 14.3 Å². The van der Waals surface area contributed by atoms with Gasteiger partial charge in [-0.15, -0.1) is 0 Å². The maximum absolute atomic E-state index is 12.0. The third-order valence-electron chi connectivity index (χ3n) is 4.13. The number of ether oxygens (including phenoxy) is 2. The van der Waals surface area contributed by atoms with Gasteiger partial charge in [-0.2, -0.15) is 0 Å². The van der Waals surface area contributed by atoms with E-state index in [1.165, 1.54) is 0 Å². The van der Waals surface area contributed by atoms with Crippen LogP contribution in [0.2, 0.25) is 0 Å². The van der Waals surface area contributed by atoms with E-state index in [0.29, 0.717) is 13.2 Å². The number of rotatable bonds is 7. The van der Waals surface area contributed by atoms with Crippen molar-refractivity contribution in [3.63, 3.8) is 0 Å². The van der Waals surface area contributed by atoms with E-state index in [0.717, 1.165) is 37.2 Å². The Labute approximate surface area is 132 Å². The second kappa shape index (κ2) is 8.15. The van der Waals surface area contributed by atoms with Crippen LogP contribution in [0.5, 0.6) is 5.75 Å². The molecule has 122 valence electrons. The summed E-state index contributed by atoms with van der Waals surface area (Å²) in [6, 6.07) is 7.70. The van der Waals surface area contributed by atoms with Crippen molar-refractivity contribution in [1.82, 2.24) is 10.6 Å². The summed E-state index contributed by atoms with van der Waals surface area (Å²) in [6.45, 7) is 5.30. The third kappa shape index (κ3) is 5.00. The van der Waals surface area contributed by atoms with Gasteiger partial charge < -0.3 is 20.1 Å². The summed E-state index contributed by atoms with van der Waals surface area (Å²) in [5.74, 6) is 0.638. The Hall–Kier alpha value is -1.59. The maximum Gasteiger partial charge on any atom is 0.257 e. The predicted molar refractivity (Wildman–Crippen MR) is 86.1 cm³/mol. The molecular weight excluding hydrogens is 280 g/mol. The molecule has 0 saturated carbocycles. The topological polar surface area (TPSA) is 59.6 Å². The first-order valence-corrected chi connectivity index (χ1v) is 7.79. The van der Waals surface area contributed by atoms with Crippen LogP contribution < -0.4 is 15.4 Å². The summed E-state index contributed by atoms with van der Waals surface area (Å²) in [7, 11) is 1.71. The monoisotopic (exact) mass is 306 g/mol. The molecule has 1 aliphatic rings. The first-order chi connectivity index (χ1) is 10.6. The molecule has 5 heteroatoms. The van der Waals surface area contributed by atoms with Crippen molar-refractivity contribution in [2.45, 2.75) is 19.8 Å². The normalized spacial score (nSPS) is 17.0. The van der Waals surface area contributed by atoms with Crippen LogP contribution in [-0.4, -0.2) is 45.9 Å². The smallest absolute Gasteiger partial charge is 0.257 e. The number of hydrogen-bond acceptors (Lipinski definition) is 4. The quantitative estimate of drug-likeness (QED) is 0.801. The highest BCUT2D eigenvalue weighted by Crippen LogP contribution is 2.28. The number of carbonyl (C=O) groups excluding carboxylic acids is 1. The molecule has 1 fully saturated rings. The maximum atomic E-state index is 12.0. The molecule has 1 saturated heterocycles. The molecule has 0 radical (unpaired) electrons. The Morgan fingerprint density at radius 2 is 2.14 bits per heavy atom. The van der Waals surface area contributed by atoms with Crippen LogP contribution in [0.4, 0.5) is 0 Å². The van der Waals surface area contributed by atoms with Gasteiger partial charge in [-0.25, -0.2) is 0 Å². The zero-order chi connectivity index (χ0) is 15.8. The molecular formula is C17H26N2O3. The van der Waals surface area contributed by atoms with Gasteiger partial charge in [0.25, 0.3) is 5.91 Å². The largest absolute Gasteiger partial charge is 0.484 e. The lowest BCUT2D eigenvalue weighted by Gasteiger charge is -2.37. The van der Waals surface area contributed by atoms with Crippen molar-refractivity contribution in [3.8, 4) is 5.75 Å². The minimum atomic E-state index is -0.0875. The van der Waals surface area contributed by atoms with E-state index in [9.17, 15) is 4.79 Å². The minimum Gasteiger partial charge on any atom is -0.484 e. The van der Waals surface area contributed by atoms with Crippen LogP contribution in [0.1, 0.15) is 18.4 Å². The van der Waals surface area contributed by atoms with Gasteiger partial charge in [0.2, 0.25) is 0 Å². The van der Waals surface area contributed by atoms with Crippen LogP contribution in [0.3, 0.4) is 0 Å². The van der Waals surface area contributed by atoms with E-state index in [-0.39, 0.29) is 17.9 Å². The van der Waals surface area contributed by atoms with Crippen molar-refractivity contribution in [3.05, 3.63) is 29.8 Å². The molecule has 1 amide bonds. The van der Waals surface area contributed by atoms with Gasteiger partial charge in [0.1, 0.15) is 5.75 Å². The van der Waals surface area contributed by atoms with Gasteiger partial charge in [0.15, 0.2) is 6.61 Å². The highest BCUT2D eigenvalue weighted by molar-refractivity contribution is 5.77. The zero-order valence-electron chi connectivity index (χ0n) is 13.5. The van der Waals surface area contributed by atoms with E-state index in [1.807, 2.05) is 31.2 Å². The van der Waals surface area contributed by atoms with Crippen molar-refractivity contribution in [2.75, 3.05) is 40.0 Å². The lowest BCUT2D eigenvalue weighted by Crippen LogP contribution is -2.47. The Morgan fingerprint density at radius 1 is 1.36 bits per heavy atom. The van der Waals surface area contributed by atoms with Crippen LogP contribution in [-0.2, 0) is 9.53 Å². The van der Waals surface area contributed by atoms with E-state index in [2.05, 4.69) is 10.6 Å². The Kier molecular flexibility index (Phi) is 6.21. The van der Waals surface area contributed by atoms with E-state index >= 15 is 0 Å². The van der Waals surface area contributed by atoms with E-state index < -0.39 is 0 Å². The molecule has 2 N–H and O–H groups in total. The standard InChI is InChI=1S/C17H26N2O3/c1-14-4-3-5-15(10-14)22-11-16(20)19-12-17(13-21-2)6-8-18-9-7-17/h3-5,10,18H,6-9,11-13H2,1-2H3,(H,19,20). The zero-order valence-corrected chi connectivity index (χ0v) is 13.5. The van der Waals surface area contributed by atoms with Gasteiger partial charge in [-0.05, 0) is 50.6 Å². The first-order valence-electron chi connectivity index (χ1n) is 7.79. The summed E-state index contributed by atoms with van der Waals surface area (Å²) >= 11 is 0. The average molecular weight is 306 g/mol. The van der Waals surface area contributed by atoms with Crippen molar-refractivity contribution >= 4 is 5.91 Å². The van der Waals surface area contributed by atoms with Gasteiger partial charge >= 0.3 is 0 Å². The van der Waals surface area contributed by atoms with Gasteiger partial charge in [0.05, 0.1) is 6.61 Å². The average Bonchev–Trinajstić information content (AvgIpc) is 2.52. The van der Waals surface area contributed by atoms with Crippen LogP contribution in [0.15, 0.2) is 24.3 Å². The lowest BCUT2D eigenvalue weighted by atomic mass is 9.79. The lowest BCUT2D eigenvalue weighted by molar-refractivity contribution is -0.124. The fraction of sp³-hybridized carbons (Fsp3) is 0.588. The SMILES string of the molecule is COCC1(CNC(=O)COc2cccc(C)c2)CCNCC1. The molecule has 0 bridgehead atoms. The first kappa shape index (κ1) is 16.8. The van der Waals surface area contributed by atoms with Crippen molar-refractivity contribution in [2.24, 2.45) is 5.41 Å². The number of aryl methyl sites for hydroxylation is 1. The van der Waals surface area contributed by atoms with E-state index in [1.54, 1.807) is 7.11 Å². The molecule has 0 atom stereocenters. The van der Waals surface area contributed by atoms with Gasteiger partial charge in [0, 0.05) is 19.1 Å². The number of nitrogens with one attached hydrogen (secondary N) is 2. The summed E-state index contributed by atoms with van der Waals surface area (Å²) in [4.78, 5) is 12.0. The molecule has 5 nitrogen and oxygen atoms in total. The molecule has 0 spiro atoms. The Balaban J connectivity index is 1.78. The minimum absolute atomic E-state index is 0.0407. The van der Waals surface area contributed by atoms with Crippen molar-refractivity contribution in [1.29, 1.82) is 0 Å². The van der Waals surface area contributed by atoms with Crippen LogP contribution in [0, 0.1) is 12.3 Å². The third-order valence-corrected chi connectivity index (χ3v) is 4.13. The fourth-order valence-corrected chi connectivity index (χ4v) is 2.83. The number of piperidine rings is 1. The van der Waals surface area contributed by atoms with Gasteiger partial charge in [-0.1, -0.05) is 12.1 Å². The highest BCUT2D eigenvalue weighted by Gasteiger charge is 2.32. The number of hydrogen-bond donors (Lipinski definition) is 2. The summed E-state index contributed by atoms with van der Waals surface area (Å²) in [6.07, 6.45) is 2.03. The fourth-order valence-electron chi connectivity index (χ4n) is 2.83. The van der Waals surface area contributed by atoms with E-state index in [4.69, 9.17) is 9.47 Å². The van der Waals surface area contributed by atoms with Crippen LogP contribution >= 0.6 is 0 Å². The second-order valence-electron chi connectivity index (χ2n) is 6.06. The number of carbonyl (C=O) groups is 1. The molecule has 1 aliphatic heterocycles. The number of methoxy groups -OCH3 is 1. The number of benzene rings is 1.